The number of allylic oxidation sites excluding steroid dienone is 6. The van der Waals surface area contributed by atoms with Crippen molar-refractivity contribution in [1.29, 1.82) is 0 Å². The van der Waals surface area contributed by atoms with E-state index in [1.807, 2.05) is 216 Å². The average Bonchev–Trinajstić information content (AvgIpc) is 1.56. The lowest BCUT2D eigenvalue weighted by Gasteiger charge is -2.12. The van der Waals surface area contributed by atoms with Crippen molar-refractivity contribution in [3.63, 3.8) is 0 Å². The van der Waals surface area contributed by atoms with Crippen molar-refractivity contribution in [2.24, 2.45) is 15.0 Å². The average molecular weight is 1900 g/mol. The van der Waals surface area contributed by atoms with E-state index in [9.17, 15) is 0 Å². The van der Waals surface area contributed by atoms with E-state index >= 15 is 0 Å². The molecule has 0 amide bonds. The Balaban J connectivity index is 0.000000266. The second kappa shape index (κ2) is 57.4. The maximum Gasteiger partial charge on any atom is 0.0648 e. The van der Waals surface area contributed by atoms with Crippen molar-refractivity contribution in [3.8, 4) is 0 Å². The Kier molecular flexibility index (Phi) is 47.0. The number of rotatable bonds is 14. The van der Waals surface area contributed by atoms with Gasteiger partial charge in [-0.1, -0.05) is 420 Å². The number of hydrogen-bond acceptors (Lipinski definition) is 5. The van der Waals surface area contributed by atoms with Gasteiger partial charge in [0.1, 0.15) is 0 Å². The number of anilines is 3. The van der Waals surface area contributed by atoms with Crippen molar-refractivity contribution in [3.05, 3.63) is 380 Å². The highest BCUT2D eigenvalue weighted by Gasteiger charge is 2.21. The Morgan fingerprint density at radius 3 is 1.03 bits per heavy atom. The molecule has 730 valence electrons. The molecule has 0 saturated heterocycles. The number of nitrogens with one attached hydrogen (secondary N) is 3. The lowest BCUT2D eigenvalue weighted by Crippen LogP contribution is -2.02. The molecule has 0 fully saturated rings. The first kappa shape index (κ1) is 115. The first-order valence-electron chi connectivity index (χ1n) is 50.3. The van der Waals surface area contributed by atoms with Gasteiger partial charge in [0, 0.05) is 120 Å². The van der Waals surface area contributed by atoms with E-state index in [2.05, 4.69) is 324 Å². The largest absolute Gasteiger partial charge is 0.398 e. The van der Waals surface area contributed by atoms with Gasteiger partial charge in [-0.15, -0.1) is 0 Å². The summed E-state index contributed by atoms with van der Waals surface area (Å²) in [5, 5.41) is 27.3. The summed E-state index contributed by atoms with van der Waals surface area (Å²) in [6.07, 6.45) is 0. The Bertz CT molecular complexity index is 7670. The number of hydrogen-bond donors (Lipinski definition) is 4. The Morgan fingerprint density at radius 2 is 0.607 bits per heavy atom. The molecule has 20 rings (SSSR count). The van der Waals surface area contributed by atoms with Gasteiger partial charge in [-0.3, -0.25) is 15.0 Å². The van der Waals surface area contributed by atoms with E-state index in [1.165, 1.54) is 147 Å². The number of H-pyrrole nitrogens is 2. The predicted octanol–water partition coefficient (Wildman–Crippen LogP) is 40.8. The van der Waals surface area contributed by atoms with Crippen LogP contribution in [-0.2, 0) is 19.6 Å². The van der Waals surface area contributed by atoms with E-state index < -0.39 is 0 Å². The summed E-state index contributed by atoms with van der Waals surface area (Å²) in [6.45, 7) is 82.8. The molecule has 0 aliphatic carbocycles. The zero-order valence-electron chi connectivity index (χ0n) is 89.0. The molecule has 0 radical (unpaired) electrons. The Morgan fingerprint density at radius 1 is 0.286 bits per heavy atom. The van der Waals surface area contributed by atoms with Gasteiger partial charge in [-0.05, 0) is 172 Å². The van der Waals surface area contributed by atoms with Crippen LogP contribution in [0.15, 0.2) is 373 Å². The number of halogens is 2. The molecular formula is C128H154Cl2N10. The van der Waals surface area contributed by atoms with Crippen LogP contribution in [0.4, 0.5) is 17.1 Å². The molecule has 12 heteroatoms. The smallest absolute Gasteiger partial charge is 0.0648 e. The van der Waals surface area contributed by atoms with Gasteiger partial charge in [0.05, 0.1) is 91.2 Å². The Hall–Kier alpha value is -14.0. The summed E-state index contributed by atoms with van der Waals surface area (Å²) < 4.78 is 7.05. The molecule has 0 aliphatic heterocycles. The van der Waals surface area contributed by atoms with E-state index in [1.54, 1.807) is 12.1 Å². The number of nitrogen functional groups attached to an aromatic ring is 1. The zero-order valence-corrected chi connectivity index (χ0v) is 90.5. The normalized spacial score (nSPS) is 10.6. The van der Waals surface area contributed by atoms with Gasteiger partial charge in [0.15, 0.2) is 0 Å². The first-order chi connectivity index (χ1) is 68.0. The van der Waals surface area contributed by atoms with Gasteiger partial charge < -0.3 is 34.7 Å². The van der Waals surface area contributed by atoms with Gasteiger partial charge in [0.25, 0.3) is 0 Å². The molecule has 0 unspecified atom stereocenters. The maximum absolute atomic E-state index is 6.39. The van der Waals surface area contributed by atoms with Crippen molar-refractivity contribution in [2.75, 3.05) is 11.1 Å². The third kappa shape index (κ3) is 27.3. The third-order valence-corrected chi connectivity index (χ3v) is 23.3. The fourth-order valence-electron chi connectivity index (χ4n) is 16.2. The van der Waals surface area contributed by atoms with Gasteiger partial charge in [-0.2, -0.15) is 0 Å². The van der Waals surface area contributed by atoms with Gasteiger partial charge in [-0.25, -0.2) is 0 Å². The number of aryl methyl sites for hydroxylation is 2. The fourth-order valence-corrected chi connectivity index (χ4v) is 16.5. The monoisotopic (exact) mass is 1900 g/mol. The van der Waals surface area contributed by atoms with Crippen LogP contribution in [0.5, 0.6) is 0 Å². The topological polar surface area (TPSA) is 121 Å². The van der Waals surface area contributed by atoms with Crippen molar-refractivity contribution in [2.45, 2.75) is 213 Å². The molecule has 0 spiro atoms. The Labute approximate surface area is 846 Å². The summed E-state index contributed by atoms with van der Waals surface area (Å²) in [5.74, 6) is 0. The number of aromatic amines is 2. The minimum atomic E-state index is 0.578. The summed E-state index contributed by atoms with van der Waals surface area (Å²) in [6, 6.07) is 99.7. The number of aliphatic imine (C=N–C) groups is 3. The van der Waals surface area contributed by atoms with Crippen LogP contribution in [0.3, 0.4) is 0 Å². The van der Waals surface area contributed by atoms with Crippen LogP contribution in [0, 0.1) is 13.8 Å². The molecule has 20 aromatic rings. The molecule has 0 bridgehead atoms. The number of para-hydroxylation sites is 3. The number of nitrogens with zero attached hydrogens (tertiary/aromatic N) is 6. The first-order valence-corrected chi connectivity index (χ1v) is 51.0. The number of aromatic nitrogens is 5. The molecule has 140 heavy (non-hydrogen) atoms. The van der Waals surface area contributed by atoms with Crippen LogP contribution in [0.25, 0.3) is 152 Å². The quantitative estimate of drug-likeness (QED) is 0.0640. The number of nitrogens with two attached hydrogens (primary N) is 1. The van der Waals surface area contributed by atoms with Crippen LogP contribution in [-0.4, -0.2) is 40.8 Å². The van der Waals surface area contributed by atoms with Crippen molar-refractivity contribution in [1.82, 2.24) is 23.7 Å². The van der Waals surface area contributed by atoms with Gasteiger partial charge >= 0.3 is 0 Å². The lowest BCUT2D eigenvalue weighted by molar-refractivity contribution is 0.844. The van der Waals surface area contributed by atoms with Crippen LogP contribution in [0.1, 0.15) is 191 Å². The van der Waals surface area contributed by atoms with E-state index in [0.29, 0.717) is 35.4 Å². The molecule has 5 heterocycles. The number of benzene rings is 15. The second-order valence-corrected chi connectivity index (χ2v) is 32.1. The van der Waals surface area contributed by atoms with Crippen LogP contribution >= 0.6 is 23.2 Å². The molecule has 0 saturated carbocycles. The second-order valence-electron chi connectivity index (χ2n) is 31.3. The third-order valence-electron chi connectivity index (χ3n) is 22.6. The predicted molar refractivity (Wildman–Crippen MR) is 638 cm³/mol. The molecule has 5 N–H and O–H groups in total. The molecule has 5 aromatic heterocycles. The van der Waals surface area contributed by atoms with E-state index in [-0.39, 0.29) is 0 Å². The van der Waals surface area contributed by atoms with E-state index in [4.69, 9.17) is 38.9 Å². The van der Waals surface area contributed by atoms with E-state index in [0.717, 1.165) is 78.9 Å². The van der Waals surface area contributed by atoms with Crippen LogP contribution < -0.4 is 11.1 Å². The summed E-state index contributed by atoms with van der Waals surface area (Å²) in [5.41, 5.74) is 30.5. The summed E-state index contributed by atoms with van der Waals surface area (Å²) in [4.78, 5) is 21.3. The SMILES string of the molecule is C=C(Cn1c2cc(C)ccc2c2ccc3ccccc3c21)N=C(C)C(=C)C.C=C(Cn1c2cc(Nc3ccccc3Cl)ccc2c2ccc3ccccc3c21)N=C(C)C(=C)C.C=C(Cn1c2cc3[nH]c4ccccc4c3cc2c2ccc3ccccc3c21)N=C(C)C(=C)C.CC.CC.CC.CC.CC.CC.CC.CC.CC.CC.Cc1ccc2c(c1)[nH]c1c3ccccc3ccc21.Nc1ccccc1Cl. The standard InChI is InChI=1S/C30H26ClN3.C30H25N3.C25H24N2.C17H13N.C6H6ClN.10C2H6/c1-19(2)21(4)32-20(3)18-34-29-17-23(33-28-12-8-7-11-27(28)31)14-16-25(29)26-15-13-22-9-5-6-10-24(22)30(26)34;1-18(2)20(4)31-19(3)17-33-29-16-28-25(23-11-7-8-12-27(23)32-28)15-26(29)24-14-13-21-9-5-6-10-22(21)30(24)33;1-16(2)19(5)26-18(4)15-27-24-14-17(3)10-12-22(24)23-13-11-20-8-6-7-9-21(20)25(23)27;1-11-6-8-14-15-9-7-12-4-2-3-5-13(12)17(15)18-16(14)10-11;7-5-3-1-2-4-6(5)8;10*1-2/h5-17,33H,1,3,18H2,2,4H3;5-16,32H,1,3,17H2,2,4H3;6-14H,1,4,15H2,2-3,5H3;2-10,18H,1H3;1-4H,8H2;10*1-2H3. The highest BCUT2D eigenvalue weighted by atomic mass is 35.5. The zero-order chi connectivity index (χ0) is 104. The van der Waals surface area contributed by atoms with Gasteiger partial charge in [0.2, 0.25) is 0 Å². The minimum absolute atomic E-state index is 0.578. The summed E-state index contributed by atoms with van der Waals surface area (Å²) in [7, 11) is 0. The van der Waals surface area contributed by atoms with Crippen molar-refractivity contribution < 1.29 is 0 Å². The molecule has 10 nitrogen and oxygen atoms in total. The highest BCUT2D eigenvalue weighted by Crippen LogP contribution is 2.42. The summed E-state index contributed by atoms with van der Waals surface area (Å²) >= 11 is 12.0. The molecular weight excluding hydrogens is 1750 g/mol. The van der Waals surface area contributed by atoms with Crippen LogP contribution in [0.2, 0.25) is 10.0 Å². The molecule has 15 aromatic carbocycles. The fraction of sp³-hybridized carbons (Fsp3) is 0.242. The number of fused-ring (bicyclic) bond motifs is 23. The highest BCUT2D eigenvalue weighted by molar-refractivity contribution is 6.34. The minimum Gasteiger partial charge on any atom is -0.398 e. The lowest BCUT2D eigenvalue weighted by atomic mass is 10.0. The van der Waals surface area contributed by atoms with Crippen molar-refractivity contribution >= 4 is 210 Å². The maximum atomic E-state index is 6.39. The molecule has 0 aliphatic rings. The molecule has 0 atom stereocenters.